The van der Waals surface area contributed by atoms with Gasteiger partial charge in [-0.1, -0.05) is 18.2 Å². The van der Waals surface area contributed by atoms with E-state index in [1.807, 2.05) is 6.07 Å². The number of halogens is 1. The standard InChI is InChI=1S/C17H17FN2O2/c1-22-15-5-3-2-4-13(15)17(21)20-14-7-6-11-10-19-9-8-12(11)16(14)18/h2-7,19H,8-10H2,1H3,(H,20,21). The van der Waals surface area contributed by atoms with Gasteiger partial charge in [0.05, 0.1) is 18.4 Å². The van der Waals surface area contributed by atoms with Crippen molar-refractivity contribution in [3.8, 4) is 5.75 Å². The summed E-state index contributed by atoms with van der Waals surface area (Å²) >= 11 is 0. The highest BCUT2D eigenvalue weighted by molar-refractivity contribution is 6.06. The Kier molecular flexibility index (Phi) is 4.06. The van der Waals surface area contributed by atoms with Crippen LogP contribution in [0.5, 0.6) is 5.75 Å². The molecule has 0 atom stereocenters. The summed E-state index contributed by atoms with van der Waals surface area (Å²) in [7, 11) is 1.50. The van der Waals surface area contributed by atoms with Crippen molar-refractivity contribution in [2.24, 2.45) is 0 Å². The summed E-state index contributed by atoms with van der Waals surface area (Å²) in [4.78, 5) is 12.3. The van der Waals surface area contributed by atoms with E-state index in [1.54, 1.807) is 30.3 Å². The van der Waals surface area contributed by atoms with Crippen molar-refractivity contribution in [3.63, 3.8) is 0 Å². The third-order valence-electron chi connectivity index (χ3n) is 3.81. The summed E-state index contributed by atoms with van der Waals surface area (Å²) in [5, 5.41) is 5.84. The molecule has 0 unspecified atom stereocenters. The number of amides is 1. The average Bonchev–Trinajstić information content (AvgIpc) is 2.57. The van der Waals surface area contributed by atoms with Gasteiger partial charge in [-0.15, -0.1) is 0 Å². The van der Waals surface area contributed by atoms with Crippen LogP contribution in [-0.2, 0) is 13.0 Å². The molecule has 4 nitrogen and oxygen atoms in total. The molecular formula is C17H17FN2O2. The summed E-state index contributed by atoms with van der Waals surface area (Å²) < 4.78 is 19.7. The average molecular weight is 300 g/mol. The smallest absolute Gasteiger partial charge is 0.259 e. The molecule has 5 heteroatoms. The number of rotatable bonds is 3. The summed E-state index contributed by atoms with van der Waals surface area (Å²) in [6.07, 6.45) is 0.625. The molecule has 0 saturated carbocycles. The van der Waals surface area contributed by atoms with Crippen LogP contribution < -0.4 is 15.4 Å². The Bertz CT molecular complexity index is 716. The number of benzene rings is 2. The van der Waals surface area contributed by atoms with Gasteiger partial charge in [0.2, 0.25) is 0 Å². The summed E-state index contributed by atoms with van der Waals surface area (Å²) in [6.45, 7) is 1.40. The number of carbonyl (C=O) groups excluding carboxylic acids is 1. The highest BCUT2D eigenvalue weighted by Crippen LogP contribution is 2.26. The van der Waals surface area contributed by atoms with Crippen LogP contribution in [-0.4, -0.2) is 19.6 Å². The van der Waals surface area contributed by atoms with Gasteiger partial charge < -0.3 is 15.4 Å². The van der Waals surface area contributed by atoms with Gasteiger partial charge in [0.15, 0.2) is 0 Å². The zero-order chi connectivity index (χ0) is 15.5. The number of nitrogens with one attached hydrogen (secondary N) is 2. The quantitative estimate of drug-likeness (QED) is 0.916. The fourth-order valence-electron chi connectivity index (χ4n) is 2.65. The van der Waals surface area contributed by atoms with Gasteiger partial charge in [-0.25, -0.2) is 4.39 Å². The summed E-state index contributed by atoms with van der Waals surface area (Å²) in [5.74, 6) is -0.268. The van der Waals surface area contributed by atoms with Crippen LogP contribution in [0.1, 0.15) is 21.5 Å². The van der Waals surface area contributed by atoms with Crippen molar-refractivity contribution < 1.29 is 13.9 Å². The number of fused-ring (bicyclic) bond motifs is 1. The van der Waals surface area contributed by atoms with E-state index in [1.165, 1.54) is 7.11 Å². The number of hydrogen-bond acceptors (Lipinski definition) is 3. The van der Waals surface area contributed by atoms with Crippen LogP contribution in [0.2, 0.25) is 0 Å². The van der Waals surface area contributed by atoms with Gasteiger partial charge in [-0.3, -0.25) is 4.79 Å². The molecule has 3 rings (SSSR count). The number of para-hydroxylation sites is 1. The Balaban J connectivity index is 1.88. The van der Waals surface area contributed by atoms with Crippen LogP contribution in [0.15, 0.2) is 36.4 Å². The minimum absolute atomic E-state index is 0.205. The Morgan fingerprint density at radius 2 is 2.09 bits per heavy atom. The van der Waals surface area contributed by atoms with E-state index in [2.05, 4.69) is 10.6 Å². The van der Waals surface area contributed by atoms with Crippen LogP contribution >= 0.6 is 0 Å². The topological polar surface area (TPSA) is 50.4 Å². The van der Waals surface area contributed by atoms with Crippen molar-refractivity contribution in [3.05, 3.63) is 58.9 Å². The SMILES string of the molecule is COc1ccccc1C(=O)Nc1ccc2c(c1F)CCNC2. The van der Waals surface area contributed by atoms with E-state index in [9.17, 15) is 9.18 Å². The molecule has 1 amide bonds. The Morgan fingerprint density at radius 1 is 1.27 bits per heavy atom. The fraction of sp³-hybridized carbons (Fsp3) is 0.235. The number of hydrogen-bond donors (Lipinski definition) is 2. The molecule has 1 heterocycles. The Hall–Kier alpha value is -2.40. The second kappa shape index (κ2) is 6.15. The molecule has 0 saturated heterocycles. The normalized spacial score (nSPS) is 13.4. The van der Waals surface area contributed by atoms with Crippen LogP contribution in [0.3, 0.4) is 0 Å². The molecule has 0 aromatic heterocycles. The van der Waals surface area contributed by atoms with Gasteiger partial charge in [-0.05, 0) is 42.3 Å². The molecule has 2 aromatic carbocycles. The largest absolute Gasteiger partial charge is 0.496 e. The maximum atomic E-state index is 14.5. The highest BCUT2D eigenvalue weighted by Gasteiger charge is 2.19. The highest BCUT2D eigenvalue weighted by atomic mass is 19.1. The van der Waals surface area contributed by atoms with Crippen molar-refractivity contribution in [1.29, 1.82) is 0 Å². The predicted molar refractivity (Wildman–Crippen MR) is 82.8 cm³/mol. The molecule has 0 fully saturated rings. The zero-order valence-electron chi connectivity index (χ0n) is 12.3. The Labute approximate surface area is 128 Å². The lowest BCUT2D eigenvalue weighted by atomic mass is 9.99. The van der Waals surface area contributed by atoms with Gasteiger partial charge in [-0.2, -0.15) is 0 Å². The third kappa shape index (κ3) is 2.67. The first-order valence-electron chi connectivity index (χ1n) is 7.16. The lowest BCUT2D eigenvalue weighted by Gasteiger charge is -2.19. The minimum atomic E-state index is -0.384. The maximum absolute atomic E-state index is 14.5. The monoisotopic (exact) mass is 300 g/mol. The van der Waals surface area contributed by atoms with Crippen molar-refractivity contribution in [1.82, 2.24) is 5.32 Å². The summed E-state index contributed by atoms with van der Waals surface area (Å²) in [6, 6.07) is 10.3. The lowest BCUT2D eigenvalue weighted by Crippen LogP contribution is -2.25. The van der Waals surface area contributed by atoms with E-state index in [4.69, 9.17) is 4.74 Å². The number of carbonyl (C=O) groups is 1. The zero-order valence-corrected chi connectivity index (χ0v) is 12.3. The molecule has 0 bridgehead atoms. The van der Waals surface area contributed by atoms with E-state index < -0.39 is 0 Å². The van der Waals surface area contributed by atoms with Crippen LogP contribution in [0.4, 0.5) is 10.1 Å². The van der Waals surface area contributed by atoms with E-state index in [0.29, 0.717) is 29.8 Å². The minimum Gasteiger partial charge on any atom is -0.496 e. The Morgan fingerprint density at radius 3 is 2.91 bits per heavy atom. The number of ether oxygens (including phenoxy) is 1. The molecule has 22 heavy (non-hydrogen) atoms. The van der Waals surface area contributed by atoms with Gasteiger partial charge >= 0.3 is 0 Å². The van der Waals surface area contributed by atoms with Gasteiger partial charge in [0.25, 0.3) is 5.91 Å². The molecule has 0 radical (unpaired) electrons. The molecular weight excluding hydrogens is 283 g/mol. The first-order chi connectivity index (χ1) is 10.7. The predicted octanol–water partition coefficient (Wildman–Crippen LogP) is 2.73. The second-order valence-electron chi connectivity index (χ2n) is 5.15. The van der Waals surface area contributed by atoms with Crippen molar-refractivity contribution in [2.45, 2.75) is 13.0 Å². The van der Waals surface area contributed by atoms with Crippen LogP contribution in [0, 0.1) is 5.82 Å². The van der Waals surface area contributed by atoms with E-state index in [-0.39, 0.29) is 17.4 Å². The number of methoxy groups -OCH3 is 1. The maximum Gasteiger partial charge on any atom is 0.259 e. The van der Waals surface area contributed by atoms with E-state index in [0.717, 1.165) is 12.1 Å². The van der Waals surface area contributed by atoms with Crippen molar-refractivity contribution in [2.75, 3.05) is 19.0 Å². The lowest BCUT2D eigenvalue weighted by molar-refractivity contribution is 0.102. The van der Waals surface area contributed by atoms with E-state index >= 15 is 0 Å². The molecule has 114 valence electrons. The van der Waals surface area contributed by atoms with Gasteiger partial charge in [0, 0.05) is 6.54 Å². The van der Waals surface area contributed by atoms with Gasteiger partial charge in [0.1, 0.15) is 11.6 Å². The van der Waals surface area contributed by atoms with Crippen molar-refractivity contribution >= 4 is 11.6 Å². The summed E-state index contributed by atoms with van der Waals surface area (Å²) in [5.41, 5.74) is 2.20. The first-order valence-corrected chi connectivity index (χ1v) is 7.16. The molecule has 1 aliphatic heterocycles. The molecule has 0 spiro atoms. The van der Waals surface area contributed by atoms with Crippen LogP contribution in [0.25, 0.3) is 0 Å². The molecule has 1 aliphatic rings. The fourth-order valence-corrected chi connectivity index (χ4v) is 2.65. The third-order valence-corrected chi connectivity index (χ3v) is 3.81. The molecule has 2 N–H and O–H groups in total. The molecule has 2 aromatic rings. The number of anilines is 1. The first kappa shape index (κ1) is 14.5. The molecule has 0 aliphatic carbocycles. The second-order valence-corrected chi connectivity index (χ2v) is 5.15.